The monoisotopic (exact) mass is 300 g/mol. The van der Waals surface area contributed by atoms with Crippen molar-refractivity contribution >= 4 is 27.5 Å². The Morgan fingerprint density at radius 1 is 1.29 bits per heavy atom. The number of fused-ring (bicyclic) bond motifs is 1. The van der Waals surface area contributed by atoms with E-state index in [0.717, 1.165) is 16.9 Å². The van der Waals surface area contributed by atoms with Crippen molar-refractivity contribution in [2.24, 2.45) is 0 Å². The molecule has 0 bridgehead atoms. The first-order chi connectivity index (χ1) is 10.1. The van der Waals surface area contributed by atoms with Gasteiger partial charge in [0.25, 0.3) is 0 Å². The van der Waals surface area contributed by atoms with E-state index in [0.29, 0.717) is 27.4 Å². The van der Waals surface area contributed by atoms with E-state index in [2.05, 4.69) is 9.97 Å². The Morgan fingerprint density at radius 3 is 2.81 bits per heavy atom. The fourth-order valence-corrected chi connectivity index (χ4v) is 3.09. The quantitative estimate of drug-likeness (QED) is 0.796. The van der Waals surface area contributed by atoms with Crippen molar-refractivity contribution in [3.63, 3.8) is 0 Å². The molecule has 1 aromatic carbocycles. The predicted octanol–water partition coefficient (Wildman–Crippen LogP) is 3.80. The van der Waals surface area contributed by atoms with Crippen molar-refractivity contribution in [2.45, 2.75) is 13.8 Å². The van der Waals surface area contributed by atoms with Gasteiger partial charge < -0.3 is 9.84 Å². The SMILES string of the molecule is Cc1cccc(Oc2ncnc3sc(C(=O)O)c(C)c23)c1. The maximum absolute atomic E-state index is 11.2. The fraction of sp³-hybridized carbons (Fsp3) is 0.133. The van der Waals surface area contributed by atoms with Crippen LogP contribution in [0.2, 0.25) is 0 Å². The van der Waals surface area contributed by atoms with Crippen LogP contribution in [-0.2, 0) is 0 Å². The fourth-order valence-electron chi connectivity index (χ4n) is 2.11. The van der Waals surface area contributed by atoms with Gasteiger partial charge in [-0.05, 0) is 37.1 Å². The first-order valence-corrected chi connectivity index (χ1v) is 7.10. The van der Waals surface area contributed by atoms with Crippen molar-refractivity contribution in [2.75, 3.05) is 0 Å². The standard InChI is InChI=1S/C15H12N2O3S/c1-8-4-3-5-10(6-8)20-13-11-9(2)12(15(18)19)21-14(11)17-7-16-13/h3-7H,1-2H3,(H,18,19). The average molecular weight is 300 g/mol. The molecule has 0 aliphatic carbocycles. The molecule has 0 radical (unpaired) electrons. The van der Waals surface area contributed by atoms with Gasteiger partial charge in [0, 0.05) is 0 Å². The van der Waals surface area contributed by atoms with Crippen LogP contribution in [0.4, 0.5) is 0 Å². The Morgan fingerprint density at radius 2 is 2.10 bits per heavy atom. The zero-order valence-electron chi connectivity index (χ0n) is 11.5. The minimum absolute atomic E-state index is 0.264. The van der Waals surface area contributed by atoms with Gasteiger partial charge in [0.15, 0.2) is 0 Å². The normalized spacial score (nSPS) is 10.8. The lowest BCUT2D eigenvalue weighted by atomic mass is 10.2. The third-order valence-corrected chi connectivity index (χ3v) is 4.28. The van der Waals surface area contributed by atoms with Crippen LogP contribution in [0.1, 0.15) is 20.8 Å². The molecule has 1 N–H and O–H groups in total. The van der Waals surface area contributed by atoms with Crippen LogP contribution in [0.25, 0.3) is 10.2 Å². The molecule has 0 fully saturated rings. The number of aryl methyl sites for hydroxylation is 2. The number of hydrogen-bond acceptors (Lipinski definition) is 5. The highest BCUT2D eigenvalue weighted by atomic mass is 32.1. The van der Waals surface area contributed by atoms with Crippen LogP contribution in [-0.4, -0.2) is 21.0 Å². The summed E-state index contributed by atoms with van der Waals surface area (Å²) in [6.45, 7) is 3.72. The molecule has 5 nitrogen and oxygen atoms in total. The van der Waals surface area contributed by atoms with Crippen molar-refractivity contribution in [1.82, 2.24) is 9.97 Å². The van der Waals surface area contributed by atoms with E-state index in [1.54, 1.807) is 6.92 Å². The molecule has 6 heteroatoms. The summed E-state index contributed by atoms with van der Waals surface area (Å²) in [6.07, 6.45) is 1.38. The lowest BCUT2D eigenvalue weighted by Gasteiger charge is -2.06. The highest BCUT2D eigenvalue weighted by molar-refractivity contribution is 7.20. The second kappa shape index (κ2) is 5.14. The first kappa shape index (κ1) is 13.5. The van der Waals surface area contributed by atoms with Gasteiger partial charge in [-0.25, -0.2) is 14.8 Å². The summed E-state index contributed by atoms with van der Waals surface area (Å²) in [4.78, 5) is 20.4. The van der Waals surface area contributed by atoms with E-state index >= 15 is 0 Å². The molecule has 0 aliphatic heterocycles. The molecule has 0 spiro atoms. The highest BCUT2D eigenvalue weighted by Crippen LogP contribution is 2.36. The largest absolute Gasteiger partial charge is 0.477 e. The van der Waals surface area contributed by atoms with Crippen LogP contribution in [0, 0.1) is 13.8 Å². The minimum Gasteiger partial charge on any atom is -0.477 e. The molecule has 21 heavy (non-hydrogen) atoms. The number of ether oxygens (including phenoxy) is 1. The Hall–Kier alpha value is -2.47. The van der Waals surface area contributed by atoms with Gasteiger partial charge >= 0.3 is 5.97 Å². The highest BCUT2D eigenvalue weighted by Gasteiger charge is 2.19. The number of nitrogens with zero attached hydrogens (tertiary/aromatic N) is 2. The summed E-state index contributed by atoms with van der Waals surface area (Å²) in [7, 11) is 0. The van der Waals surface area contributed by atoms with E-state index < -0.39 is 5.97 Å². The van der Waals surface area contributed by atoms with Gasteiger partial charge in [0.2, 0.25) is 5.88 Å². The van der Waals surface area contributed by atoms with Gasteiger partial charge in [-0.3, -0.25) is 0 Å². The van der Waals surface area contributed by atoms with Crippen molar-refractivity contribution in [3.8, 4) is 11.6 Å². The summed E-state index contributed by atoms with van der Waals surface area (Å²) in [6, 6.07) is 7.60. The summed E-state index contributed by atoms with van der Waals surface area (Å²) in [5.41, 5.74) is 1.71. The van der Waals surface area contributed by atoms with Gasteiger partial charge in [-0.15, -0.1) is 11.3 Å². The molecule has 2 aromatic heterocycles. The molecule has 0 amide bonds. The number of rotatable bonds is 3. The van der Waals surface area contributed by atoms with E-state index in [9.17, 15) is 9.90 Å². The first-order valence-electron chi connectivity index (χ1n) is 6.28. The van der Waals surface area contributed by atoms with Crippen LogP contribution >= 0.6 is 11.3 Å². The van der Waals surface area contributed by atoms with Gasteiger partial charge in [0.05, 0.1) is 5.39 Å². The number of benzene rings is 1. The minimum atomic E-state index is -0.961. The number of carbonyl (C=O) groups is 1. The summed E-state index contributed by atoms with van der Waals surface area (Å²) >= 11 is 1.13. The number of thiophene rings is 1. The molecule has 106 valence electrons. The second-order valence-corrected chi connectivity index (χ2v) is 5.64. The zero-order chi connectivity index (χ0) is 15.0. The molecular weight excluding hydrogens is 288 g/mol. The molecular formula is C15H12N2O3S. The summed E-state index contributed by atoms with van der Waals surface area (Å²) < 4.78 is 5.81. The Labute approximate surface area is 124 Å². The third kappa shape index (κ3) is 2.45. The van der Waals surface area contributed by atoms with E-state index in [-0.39, 0.29) is 4.88 Å². The van der Waals surface area contributed by atoms with Gasteiger partial charge in [-0.2, -0.15) is 0 Å². The second-order valence-electron chi connectivity index (χ2n) is 4.64. The molecule has 0 aliphatic rings. The number of carboxylic acid groups (broad SMARTS) is 1. The molecule has 3 rings (SSSR count). The molecule has 0 saturated heterocycles. The van der Waals surface area contributed by atoms with E-state index in [4.69, 9.17) is 4.74 Å². The van der Waals surface area contributed by atoms with Crippen molar-refractivity contribution < 1.29 is 14.6 Å². The Kier molecular flexibility index (Phi) is 3.31. The summed E-state index contributed by atoms with van der Waals surface area (Å²) in [5.74, 6) is 0.0846. The number of aromatic nitrogens is 2. The van der Waals surface area contributed by atoms with Gasteiger partial charge in [0.1, 0.15) is 21.8 Å². The zero-order valence-corrected chi connectivity index (χ0v) is 12.3. The molecule has 0 unspecified atom stereocenters. The summed E-state index contributed by atoms with van der Waals surface area (Å²) in [5, 5.41) is 9.86. The molecule has 0 atom stereocenters. The molecule has 3 aromatic rings. The van der Waals surface area contributed by atoms with Crippen LogP contribution in [0.3, 0.4) is 0 Å². The van der Waals surface area contributed by atoms with Crippen molar-refractivity contribution in [3.05, 3.63) is 46.6 Å². The smallest absolute Gasteiger partial charge is 0.346 e. The van der Waals surface area contributed by atoms with Crippen molar-refractivity contribution in [1.29, 1.82) is 0 Å². The van der Waals surface area contributed by atoms with Crippen LogP contribution in [0.15, 0.2) is 30.6 Å². The number of carboxylic acids is 1. The molecule has 0 saturated carbocycles. The Bertz CT molecular complexity index is 842. The maximum Gasteiger partial charge on any atom is 0.346 e. The predicted molar refractivity (Wildman–Crippen MR) is 80.4 cm³/mol. The number of aromatic carboxylic acids is 1. The average Bonchev–Trinajstić information content (AvgIpc) is 2.77. The maximum atomic E-state index is 11.2. The van der Waals surface area contributed by atoms with Crippen LogP contribution < -0.4 is 4.74 Å². The Balaban J connectivity index is 2.12. The number of hydrogen-bond donors (Lipinski definition) is 1. The third-order valence-electron chi connectivity index (χ3n) is 3.09. The van der Waals surface area contributed by atoms with Gasteiger partial charge in [-0.1, -0.05) is 12.1 Å². The van der Waals surface area contributed by atoms with Crippen LogP contribution in [0.5, 0.6) is 11.6 Å². The lowest BCUT2D eigenvalue weighted by Crippen LogP contribution is -1.95. The van der Waals surface area contributed by atoms with E-state index in [1.807, 2.05) is 31.2 Å². The van der Waals surface area contributed by atoms with E-state index in [1.165, 1.54) is 6.33 Å². The topological polar surface area (TPSA) is 72.3 Å². The molecule has 2 heterocycles. The lowest BCUT2D eigenvalue weighted by molar-refractivity contribution is 0.0701.